The highest BCUT2D eigenvalue weighted by molar-refractivity contribution is 5.85. The van der Waals surface area contributed by atoms with Crippen molar-refractivity contribution in [2.24, 2.45) is 5.92 Å². The first kappa shape index (κ1) is 21.0. The molecule has 0 radical (unpaired) electrons. The van der Waals surface area contributed by atoms with E-state index in [2.05, 4.69) is 17.1 Å². The molecule has 0 saturated carbocycles. The van der Waals surface area contributed by atoms with Crippen LogP contribution in [0.4, 0.5) is 0 Å². The molecule has 6 heteroatoms. The molecule has 2 fully saturated rings. The summed E-state index contributed by atoms with van der Waals surface area (Å²) >= 11 is 0. The van der Waals surface area contributed by atoms with Crippen molar-refractivity contribution >= 4 is 30.7 Å². The summed E-state index contributed by atoms with van der Waals surface area (Å²) in [6.07, 6.45) is 5.41. The number of halogens is 2. The fourth-order valence-corrected chi connectivity index (χ4v) is 3.33. The van der Waals surface area contributed by atoms with E-state index in [0.717, 1.165) is 51.9 Å². The number of carbonyl (C=O) groups excluding carboxylic acids is 1. The van der Waals surface area contributed by atoms with Crippen molar-refractivity contribution in [2.75, 3.05) is 39.8 Å². The van der Waals surface area contributed by atoms with E-state index in [9.17, 15) is 4.79 Å². The molecule has 0 aromatic heterocycles. The Morgan fingerprint density at radius 1 is 1.24 bits per heavy atom. The zero-order valence-corrected chi connectivity index (χ0v) is 15.0. The molecule has 0 aromatic carbocycles. The van der Waals surface area contributed by atoms with Crippen LogP contribution in [0.5, 0.6) is 0 Å². The Hall–Kier alpha value is -0.0300. The summed E-state index contributed by atoms with van der Waals surface area (Å²) in [5.74, 6) is 0.915. The molecule has 0 bridgehead atoms. The van der Waals surface area contributed by atoms with Gasteiger partial charge in [-0.25, -0.2) is 0 Å². The lowest BCUT2D eigenvalue weighted by atomic mass is 10.0. The summed E-state index contributed by atoms with van der Waals surface area (Å²) in [4.78, 5) is 16.8. The minimum atomic E-state index is 0. The van der Waals surface area contributed by atoms with E-state index < -0.39 is 0 Å². The van der Waals surface area contributed by atoms with Crippen molar-refractivity contribution in [3.63, 3.8) is 0 Å². The smallest absolute Gasteiger partial charge is 0.222 e. The highest BCUT2D eigenvalue weighted by atomic mass is 35.5. The van der Waals surface area contributed by atoms with E-state index in [4.69, 9.17) is 0 Å². The molecular formula is C15H31Cl2N3O. The average Bonchev–Trinajstić information content (AvgIpc) is 2.92. The Morgan fingerprint density at radius 3 is 2.43 bits per heavy atom. The molecule has 2 aliphatic heterocycles. The molecule has 126 valence electrons. The first-order valence-electron chi connectivity index (χ1n) is 7.89. The predicted molar refractivity (Wildman–Crippen MR) is 92.6 cm³/mol. The van der Waals surface area contributed by atoms with Gasteiger partial charge < -0.3 is 15.1 Å². The van der Waals surface area contributed by atoms with Gasteiger partial charge in [0.05, 0.1) is 0 Å². The first-order valence-corrected chi connectivity index (χ1v) is 7.89. The maximum atomic E-state index is 12.3. The first-order chi connectivity index (χ1) is 9.20. The summed E-state index contributed by atoms with van der Waals surface area (Å²) in [6.45, 7) is 7.85. The van der Waals surface area contributed by atoms with Gasteiger partial charge in [-0.15, -0.1) is 24.8 Å². The Bertz CT molecular complexity index is 291. The lowest BCUT2D eigenvalue weighted by molar-refractivity contribution is -0.133. The molecule has 4 nitrogen and oxygen atoms in total. The number of carbonyl (C=O) groups is 1. The molecule has 1 N–H and O–H groups in total. The van der Waals surface area contributed by atoms with Gasteiger partial charge in [-0.3, -0.25) is 4.79 Å². The Morgan fingerprint density at radius 2 is 1.90 bits per heavy atom. The second kappa shape index (κ2) is 10.7. The molecule has 0 aromatic rings. The quantitative estimate of drug-likeness (QED) is 0.833. The van der Waals surface area contributed by atoms with Crippen molar-refractivity contribution in [2.45, 2.75) is 45.1 Å². The SMILES string of the molecule is CCCN1CCC(N(C)C(=O)CC2CCNC2)CC1.Cl.Cl. The van der Waals surface area contributed by atoms with Crippen LogP contribution in [0, 0.1) is 5.92 Å². The fraction of sp³-hybridized carbons (Fsp3) is 0.933. The van der Waals surface area contributed by atoms with Crippen LogP contribution in [0.2, 0.25) is 0 Å². The van der Waals surface area contributed by atoms with E-state index in [0.29, 0.717) is 17.9 Å². The van der Waals surface area contributed by atoms with E-state index in [-0.39, 0.29) is 24.8 Å². The third-order valence-corrected chi connectivity index (χ3v) is 4.66. The molecule has 2 aliphatic rings. The number of likely N-dealkylation sites (tertiary alicyclic amines) is 1. The molecular weight excluding hydrogens is 309 g/mol. The monoisotopic (exact) mass is 339 g/mol. The van der Waals surface area contributed by atoms with Crippen LogP contribution in [0.1, 0.15) is 39.0 Å². The zero-order chi connectivity index (χ0) is 13.7. The standard InChI is InChI=1S/C15H29N3O.2ClH/c1-3-8-18-9-5-14(6-10-18)17(2)15(19)11-13-4-7-16-12-13;;/h13-14,16H,3-12H2,1-2H3;2*1H. The number of piperidine rings is 1. The number of nitrogens with zero attached hydrogens (tertiary/aromatic N) is 2. The Kier molecular flexibility index (Phi) is 10.6. The average molecular weight is 340 g/mol. The molecule has 2 heterocycles. The maximum absolute atomic E-state index is 12.3. The van der Waals surface area contributed by atoms with Gasteiger partial charge in [0.25, 0.3) is 0 Å². The largest absolute Gasteiger partial charge is 0.343 e. The molecule has 1 amide bonds. The topological polar surface area (TPSA) is 35.6 Å². The number of nitrogens with one attached hydrogen (secondary N) is 1. The lowest BCUT2D eigenvalue weighted by Gasteiger charge is -2.37. The molecule has 2 rings (SSSR count). The van der Waals surface area contributed by atoms with E-state index in [1.165, 1.54) is 13.0 Å². The van der Waals surface area contributed by atoms with Crippen molar-refractivity contribution < 1.29 is 4.79 Å². The highest BCUT2D eigenvalue weighted by Gasteiger charge is 2.27. The van der Waals surface area contributed by atoms with Gasteiger partial charge in [0.1, 0.15) is 0 Å². The maximum Gasteiger partial charge on any atom is 0.222 e. The molecule has 0 spiro atoms. The second-order valence-electron chi connectivity index (χ2n) is 6.14. The third kappa shape index (κ3) is 6.31. The van der Waals surface area contributed by atoms with Crippen LogP contribution in [-0.4, -0.2) is 61.5 Å². The van der Waals surface area contributed by atoms with Gasteiger partial charge >= 0.3 is 0 Å². The Labute approximate surface area is 141 Å². The lowest BCUT2D eigenvalue weighted by Crippen LogP contribution is -2.46. The zero-order valence-electron chi connectivity index (χ0n) is 13.3. The summed E-state index contributed by atoms with van der Waals surface area (Å²) in [5.41, 5.74) is 0. The van der Waals surface area contributed by atoms with Crippen molar-refractivity contribution in [1.29, 1.82) is 0 Å². The van der Waals surface area contributed by atoms with Crippen molar-refractivity contribution in [1.82, 2.24) is 15.1 Å². The molecule has 21 heavy (non-hydrogen) atoms. The van der Waals surface area contributed by atoms with Gasteiger partial charge in [-0.1, -0.05) is 6.92 Å². The fourth-order valence-electron chi connectivity index (χ4n) is 3.33. The third-order valence-electron chi connectivity index (χ3n) is 4.66. The van der Waals surface area contributed by atoms with Crippen molar-refractivity contribution in [3.8, 4) is 0 Å². The number of hydrogen-bond donors (Lipinski definition) is 1. The van der Waals surface area contributed by atoms with Crippen LogP contribution in [-0.2, 0) is 4.79 Å². The van der Waals surface area contributed by atoms with Crippen LogP contribution in [0.3, 0.4) is 0 Å². The van der Waals surface area contributed by atoms with Gasteiger partial charge in [-0.05, 0) is 51.2 Å². The summed E-state index contributed by atoms with van der Waals surface area (Å²) in [6, 6.07) is 0.468. The molecule has 2 saturated heterocycles. The van der Waals surface area contributed by atoms with E-state index in [1.807, 2.05) is 11.9 Å². The minimum absolute atomic E-state index is 0. The number of hydrogen-bond acceptors (Lipinski definition) is 3. The molecule has 0 aliphatic carbocycles. The molecule has 1 atom stereocenters. The summed E-state index contributed by atoms with van der Waals surface area (Å²) < 4.78 is 0. The van der Waals surface area contributed by atoms with Gasteiger partial charge in [0.15, 0.2) is 0 Å². The van der Waals surface area contributed by atoms with Gasteiger partial charge in [0.2, 0.25) is 5.91 Å². The summed E-state index contributed by atoms with van der Waals surface area (Å²) in [5, 5.41) is 3.34. The van der Waals surface area contributed by atoms with Gasteiger partial charge in [0, 0.05) is 32.6 Å². The second-order valence-corrected chi connectivity index (χ2v) is 6.14. The normalized spacial score (nSPS) is 23.2. The predicted octanol–water partition coefficient (Wildman–Crippen LogP) is 2.16. The van der Waals surface area contributed by atoms with Crippen LogP contribution >= 0.6 is 24.8 Å². The summed E-state index contributed by atoms with van der Waals surface area (Å²) in [7, 11) is 2.00. The van der Waals surface area contributed by atoms with E-state index >= 15 is 0 Å². The minimum Gasteiger partial charge on any atom is -0.343 e. The van der Waals surface area contributed by atoms with Gasteiger partial charge in [-0.2, -0.15) is 0 Å². The van der Waals surface area contributed by atoms with Crippen LogP contribution in [0.15, 0.2) is 0 Å². The molecule has 1 unspecified atom stereocenters. The van der Waals surface area contributed by atoms with Crippen molar-refractivity contribution in [3.05, 3.63) is 0 Å². The highest BCUT2D eigenvalue weighted by Crippen LogP contribution is 2.19. The van der Waals surface area contributed by atoms with Crippen LogP contribution < -0.4 is 5.32 Å². The number of amides is 1. The van der Waals surface area contributed by atoms with Crippen LogP contribution in [0.25, 0.3) is 0 Å². The number of rotatable bonds is 5. The Balaban J connectivity index is 0.00000200. The van der Waals surface area contributed by atoms with E-state index in [1.54, 1.807) is 0 Å².